The van der Waals surface area contributed by atoms with Crippen molar-refractivity contribution in [1.82, 2.24) is 10.4 Å². The summed E-state index contributed by atoms with van der Waals surface area (Å²) in [6.45, 7) is 0. The molecule has 2 saturated carbocycles. The lowest BCUT2D eigenvalue weighted by molar-refractivity contribution is -0.0455. The molecule has 4 heteroatoms. The van der Waals surface area contributed by atoms with E-state index in [0.29, 0.717) is 12.1 Å². The second-order valence-corrected chi connectivity index (χ2v) is 4.32. The molecule has 0 radical (unpaired) electrons. The van der Waals surface area contributed by atoms with Crippen LogP contribution in [-0.4, -0.2) is 30.3 Å². The van der Waals surface area contributed by atoms with Crippen molar-refractivity contribution in [3.05, 3.63) is 0 Å². The van der Waals surface area contributed by atoms with Crippen LogP contribution in [0.5, 0.6) is 0 Å². The summed E-state index contributed by atoms with van der Waals surface area (Å²) in [5, 5.41) is 1.68. The molecule has 3 fully saturated rings. The molecule has 2 aliphatic carbocycles. The lowest BCUT2D eigenvalue weighted by Crippen LogP contribution is -2.72. The SMILES string of the molecule is COC(=O)N1N[C@@H]2[C@@H]3CC[C@H](C3)[C@H]21. The first-order valence-corrected chi connectivity index (χ1v) is 4.94. The summed E-state index contributed by atoms with van der Waals surface area (Å²) in [5.41, 5.74) is 3.18. The van der Waals surface area contributed by atoms with E-state index in [-0.39, 0.29) is 6.09 Å². The Morgan fingerprint density at radius 3 is 2.92 bits per heavy atom. The highest BCUT2D eigenvalue weighted by Crippen LogP contribution is 2.50. The molecule has 72 valence electrons. The Labute approximate surface area is 77.2 Å². The van der Waals surface area contributed by atoms with Gasteiger partial charge in [-0.15, -0.1) is 0 Å². The molecule has 0 aromatic carbocycles. The number of rotatable bonds is 0. The number of hydrazine groups is 1. The monoisotopic (exact) mass is 182 g/mol. The zero-order chi connectivity index (χ0) is 9.00. The van der Waals surface area contributed by atoms with Crippen molar-refractivity contribution in [2.24, 2.45) is 11.8 Å². The third-order valence-corrected chi connectivity index (χ3v) is 3.83. The van der Waals surface area contributed by atoms with E-state index in [1.165, 1.54) is 26.4 Å². The van der Waals surface area contributed by atoms with Crippen LogP contribution in [0.15, 0.2) is 0 Å². The summed E-state index contributed by atoms with van der Waals surface area (Å²) < 4.78 is 4.69. The van der Waals surface area contributed by atoms with E-state index in [1.807, 2.05) is 0 Å². The van der Waals surface area contributed by atoms with E-state index in [2.05, 4.69) is 5.43 Å². The summed E-state index contributed by atoms with van der Waals surface area (Å²) in [6, 6.07) is 1.00. The predicted octanol–water partition coefficient (Wildman–Crippen LogP) is 0.740. The summed E-state index contributed by atoms with van der Waals surface area (Å²) in [4.78, 5) is 11.3. The van der Waals surface area contributed by atoms with E-state index in [4.69, 9.17) is 4.74 Å². The highest BCUT2D eigenvalue weighted by atomic mass is 16.5. The molecule has 0 unspecified atom stereocenters. The fourth-order valence-electron chi connectivity index (χ4n) is 3.25. The highest BCUT2D eigenvalue weighted by molar-refractivity contribution is 5.68. The van der Waals surface area contributed by atoms with Gasteiger partial charge in [0.25, 0.3) is 0 Å². The number of hydrogen-bond donors (Lipinski definition) is 1. The van der Waals surface area contributed by atoms with Crippen molar-refractivity contribution in [2.75, 3.05) is 7.11 Å². The second kappa shape index (κ2) is 2.38. The Kier molecular flexibility index (Phi) is 1.39. The second-order valence-electron chi connectivity index (χ2n) is 4.32. The van der Waals surface area contributed by atoms with E-state index in [0.717, 1.165) is 11.8 Å². The number of hydrogen-bond acceptors (Lipinski definition) is 3. The smallest absolute Gasteiger partial charge is 0.424 e. The van der Waals surface area contributed by atoms with Gasteiger partial charge >= 0.3 is 6.09 Å². The Hall–Kier alpha value is -0.770. The molecule has 1 heterocycles. The molecule has 0 spiro atoms. The van der Waals surface area contributed by atoms with Crippen LogP contribution in [0.3, 0.4) is 0 Å². The van der Waals surface area contributed by atoms with Gasteiger partial charge in [-0.05, 0) is 31.1 Å². The molecule has 13 heavy (non-hydrogen) atoms. The molecule has 2 bridgehead atoms. The van der Waals surface area contributed by atoms with Gasteiger partial charge in [0.2, 0.25) is 0 Å². The lowest BCUT2D eigenvalue weighted by atomic mass is 9.87. The molecule has 4 atom stereocenters. The molecule has 0 aromatic rings. The number of nitrogens with zero attached hydrogens (tertiary/aromatic N) is 1. The van der Waals surface area contributed by atoms with Crippen molar-refractivity contribution in [3.63, 3.8) is 0 Å². The zero-order valence-corrected chi connectivity index (χ0v) is 7.69. The van der Waals surface area contributed by atoms with Crippen molar-refractivity contribution >= 4 is 6.09 Å². The van der Waals surface area contributed by atoms with Crippen LogP contribution >= 0.6 is 0 Å². The summed E-state index contributed by atoms with van der Waals surface area (Å²) >= 11 is 0. The lowest BCUT2D eigenvalue weighted by Gasteiger charge is -2.49. The number of methoxy groups -OCH3 is 1. The first kappa shape index (κ1) is 7.62. The van der Waals surface area contributed by atoms with Gasteiger partial charge in [-0.1, -0.05) is 0 Å². The van der Waals surface area contributed by atoms with E-state index in [1.54, 1.807) is 5.01 Å². The number of amides is 1. The van der Waals surface area contributed by atoms with Crippen molar-refractivity contribution in [2.45, 2.75) is 31.3 Å². The van der Waals surface area contributed by atoms with Gasteiger partial charge in [-0.3, -0.25) is 0 Å². The van der Waals surface area contributed by atoms with Crippen LogP contribution < -0.4 is 5.43 Å². The van der Waals surface area contributed by atoms with Crippen molar-refractivity contribution < 1.29 is 9.53 Å². The average molecular weight is 182 g/mol. The van der Waals surface area contributed by atoms with Gasteiger partial charge in [-0.25, -0.2) is 15.2 Å². The standard InChI is InChI=1S/C9H14N2O2/c1-13-9(12)11-8-6-3-2-5(4-6)7(8)10-11/h5-8,10H,2-4H2,1H3/t5-,6-,7-,8-/m1/s1. The number of carbonyl (C=O) groups excluding carboxylic acids is 1. The first-order chi connectivity index (χ1) is 6.31. The molecular weight excluding hydrogens is 168 g/mol. The molecule has 1 saturated heterocycles. The summed E-state index contributed by atoms with van der Waals surface area (Å²) in [7, 11) is 1.44. The molecule has 1 N–H and O–H groups in total. The van der Waals surface area contributed by atoms with Crippen LogP contribution in [0.1, 0.15) is 19.3 Å². The fourth-order valence-corrected chi connectivity index (χ4v) is 3.25. The molecular formula is C9H14N2O2. The average Bonchev–Trinajstić information content (AvgIpc) is 2.59. The van der Waals surface area contributed by atoms with Crippen molar-refractivity contribution in [1.29, 1.82) is 0 Å². The maximum Gasteiger partial charge on any atom is 0.424 e. The third kappa shape index (κ3) is 0.817. The van der Waals surface area contributed by atoms with Gasteiger partial charge < -0.3 is 4.74 Å². The molecule has 1 amide bonds. The van der Waals surface area contributed by atoms with Gasteiger partial charge in [0, 0.05) is 0 Å². The van der Waals surface area contributed by atoms with E-state index < -0.39 is 0 Å². The Balaban J connectivity index is 1.75. The minimum Gasteiger partial charge on any atom is -0.452 e. The van der Waals surface area contributed by atoms with E-state index in [9.17, 15) is 4.79 Å². The van der Waals surface area contributed by atoms with Gasteiger partial charge in [0.05, 0.1) is 19.2 Å². The minimum absolute atomic E-state index is 0.228. The number of nitrogens with one attached hydrogen (secondary N) is 1. The van der Waals surface area contributed by atoms with Gasteiger partial charge in [0.15, 0.2) is 0 Å². The normalized spacial score (nSPS) is 45.8. The Morgan fingerprint density at radius 2 is 2.23 bits per heavy atom. The Bertz CT molecular complexity index is 254. The predicted molar refractivity (Wildman–Crippen MR) is 45.8 cm³/mol. The number of carbonyl (C=O) groups is 1. The Morgan fingerprint density at radius 1 is 1.46 bits per heavy atom. The summed E-state index contributed by atoms with van der Waals surface area (Å²) in [6.07, 6.45) is 3.71. The third-order valence-electron chi connectivity index (χ3n) is 3.83. The first-order valence-electron chi connectivity index (χ1n) is 4.94. The highest BCUT2D eigenvalue weighted by Gasteiger charge is 2.58. The molecule has 1 aliphatic heterocycles. The van der Waals surface area contributed by atoms with Crippen LogP contribution in [0.4, 0.5) is 4.79 Å². The molecule has 0 aromatic heterocycles. The summed E-state index contributed by atoms with van der Waals surface area (Å²) in [5.74, 6) is 1.55. The van der Waals surface area contributed by atoms with Crippen molar-refractivity contribution in [3.8, 4) is 0 Å². The quantitative estimate of drug-likeness (QED) is 0.600. The number of fused-ring (bicyclic) bond motifs is 5. The molecule has 3 aliphatic rings. The molecule has 3 rings (SSSR count). The largest absolute Gasteiger partial charge is 0.452 e. The van der Waals surface area contributed by atoms with Gasteiger partial charge in [-0.2, -0.15) is 0 Å². The maximum atomic E-state index is 11.3. The van der Waals surface area contributed by atoms with E-state index >= 15 is 0 Å². The fraction of sp³-hybridized carbons (Fsp3) is 0.889. The topological polar surface area (TPSA) is 41.6 Å². The minimum atomic E-state index is -0.228. The van der Waals surface area contributed by atoms with Crippen LogP contribution in [0.2, 0.25) is 0 Å². The molecule has 4 nitrogen and oxygen atoms in total. The van der Waals surface area contributed by atoms with Crippen LogP contribution in [0, 0.1) is 11.8 Å². The maximum absolute atomic E-state index is 11.3. The van der Waals surface area contributed by atoms with Crippen LogP contribution in [-0.2, 0) is 4.74 Å². The van der Waals surface area contributed by atoms with Gasteiger partial charge in [0.1, 0.15) is 0 Å². The van der Waals surface area contributed by atoms with Crippen LogP contribution in [0.25, 0.3) is 0 Å². The number of ether oxygens (including phenoxy) is 1. The zero-order valence-electron chi connectivity index (χ0n) is 7.69.